The summed E-state index contributed by atoms with van der Waals surface area (Å²) in [6.45, 7) is 3.58. The van der Waals surface area contributed by atoms with Crippen LogP contribution in [0.15, 0.2) is 24.5 Å². The molecule has 2 aromatic rings. The third-order valence-corrected chi connectivity index (χ3v) is 5.53. The van der Waals surface area contributed by atoms with E-state index in [0.717, 1.165) is 56.2 Å². The van der Waals surface area contributed by atoms with Crippen molar-refractivity contribution >= 4 is 11.7 Å². The molecule has 1 N–H and O–H groups in total. The van der Waals surface area contributed by atoms with Crippen molar-refractivity contribution in [2.24, 2.45) is 5.92 Å². The second-order valence-corrected chi connectivity index (χ2v) is 7.37. The van der Waals surface area contributed by atoms with Crippen LogP contribution in [0.5, 0.6) is 0 Å². The van der Waals surface area contributed by atoms with Crippen LogP contribution in [0.2, 0.25) is 0 Å². The van der Waals surface area contributed by atoms with E-state index < -0.39 is 0 Å². The predicted molar refractivity (Wildman–Crippen MR) is 99.2 cm³/mol. The Morgan fingerprint density at radius 1 is 1.12 bits per heavy atom. The van der Waals surface area contributed by atoms with Crippen LogP contribution in [-0.2, 0) is 4.79 Å². The highest BCUT2D eigenvalue weighted by molar-refractivity contribution is 5.79. The van der Waals surface area contributed by atoms with E-state index in [4.69, 9.17) is 0 Å². The molecule has 26 heavy (non-hydrogen) atoms. The van der Waals surface area contributed by atoms with Crippen LogP contribution in [0.25, 0.3) is 5.82 Å². The van der Waals surface area contributed by atoms with Gasteiger partial charge < -0.3 is 10.2 Å². The maximum absolute atomic E-state index is 12.6. The maximum Gasteiger partial charge on any atom is 0.225 e. The summed E-state index contributed by atoms with van der Waals surface area (Å²) in [4.78, 5) is 19.0. The summed E-state index contributed by atoms with van der Waals surface area (Å²) in [6, 6.07) is 4.33. The zero-order valence-corrected chi connectivity index (χ0v) is 15.3. The van der Waals surface area contributed by atoms with Crippen LogP contribution in [-0.4, -0.2) is 44.8 Å². The SMILES string of the molecule is Cc1nccn1-c1ccc(N2CCCC(C(=O)NC3CCCC3)C2)nn1. The molecule has 2 aromatic heterocycles. The van der Waals surface area contributed by atoms with Gasteiger partial charge in [0.15, 0.2) is 11.6 Å². The second kappa shape index (κ2) is 7.43. The van der Waals surface area contributed by atoms with Crippen molar-refractivity contribution in [2.45, 2.75) is 51.5 Å². The Morgan fingerprint density at radius 2 is 1.88 bits per heavy atom. The number of hydrogen-bond acceptors (Lipinski definition) is 5. The van der Waals surface area contributed by atoms with Gasteiger partial charge >= 0.3 is 0 Å². The lowest BCUT2D eigenvalue weighted by atomic mass is 9.96. The van der Waals surface area contributed by atoms with Gasteiger partial charge in [-0.25, -0.2) is 4.98 Å². The van der Waals surface area contributed by atoms with Gasteiger partial charge in [-0.15, -0.1) is 10.2 Å². The van der Waals surface area contributed by atoms with E-state index in [1.165, 1.54) is 12.8 Å². The van der Waals surface area contributed by atoms with Crippen LogP contribution in [0.1, 0.15) is 44.3 Å². The number of anilines is 1. The fourth-order valence-electron chi connectivity index (χ4n) is 4.02. The Labute approximate surface area is 153 Å². The van der Waals surface area contributed by atoms with E-state index in [9.17, 15) is 4.79 Å². The molecule has 1 amide bonds. The Balaban J connectivity index is 1.41. The number of carbonyl (C=O) groups excluding carboxylic acids is 1. The highest BCUT2D eigenvalue weighted by atomic mass is 16.2. The van der Waals surface area contributed by atoms with E-state index in [-0.39, 0.29) is 11.8 Å². The monoisotopic (exact) mass is 354 g/mol. The smallest absolute Gasteiger partial charge is 0.225 e. The minimum absolute atomic E-state index is 0.0433. The summed E-state index contributed by atoms with van der Waals surface area (Å²) in [5, 5.41) is 12.0. The van der Waals surface area contributed by atoms with Crippen LogP contribution >= 0.6 is 0 Å². The quantitative estimate of drug-likeness (QED) is 0.911. The van der Waals surface area contributed by atoms with E-state index in [1.807, 2.05) is 29.8 Å². The Hall–Kier alpha value is -2.44. The van der Waals surface area contributed by atoms with Gasteiger partial charge in [0.1, 0.15) is 5.82 Å². The molecular formula is C19H26N6O. The minimum Gasteiger partial charge on any atom is -0.354 e. The first-order chi connectivity index (χ1) is 12.7. The molecule has 2 aliphatic rings. The van der Waals surface area contributed by atoms with Crippen LogP contribution in [0.4, 0.5) is 5.82 Å². The number of aryl methyl sites for hydroxylation is 1. The topological polar surface area (TPSA) is 75.9 Å². The van der Waals surface area contributed by atoms with Crippen molar-refractivity contribution in [3.8, 4) is 5.82 Å². The Bertz CT molecular complexity index is 750. The van der Waals surface area contributed by atoms with Gasteiger partial charge in [-0.05, 0) is 44.7 Å². The van der Waals surface area contributed by atoms with Crippen molar-refractivity contribution in [3.63, 3.8) is 0 Å². The van der Waals surface area contributed by atoms with Gasteiger partial charge in [-0.2, -0.15) is 0 Å². The molecule has 0 aromatic carbocycles. The number of piperidine rings is 1. The Kier molecular flexibility index (Phi) is 4.86. The molecule has 3 heterocycles. The van der Waals surface area contributed by atoms with Crippen molar-refractivity contribution in [1.29, 1.82) is 0 Å². The van der Waals surface area contributed by atoms with E-state index in [1.54, 1.807) is 6.20 Å². The molecule has 1 aliphatic carbocycles. The molecule has 4 rings (SSSR count). The number of nitrogens with one attached hydrogen (secondary N) is 1. The molecule has 1 unspecified atom stereocenters. The first-order valence-corrected chi connectivity index (χ1v) is 9.60. The molecule has 0 spiro atoms. The first kappa shape index (κ1) is 17.0. The number of carbonyl (C=O) groups is 1. The minimum atomic E-state index is 0.0433. The van der Waals surface area contributed by atoms with Gasteiger partial charge in [0.05, 0.1) is 5.92 Å². The van der Waals surface area contributed by atoms with Crippen molar-refractivity contribution in [3.05, 3.63) is 30.4 Å². The van der Waals surface area contributed by atoms with Crippen molar-refractivity contribution in [1.82, 2.24) is 25.1 Å². The standard InChI is InChI=1S/C19H26N6O/c1-14-20-10-12-25(14)18-9-8-17(22-23-18)24-11-4-5-15(13-24)19(26)21-16-6-2-3-7-16/h8-10,12,15-16H,2-7,11,13H2,1H3,(H,21,26). The summed E-state index contributed by atoms with van der Waals surface area (Å²) < 4.78 is 1.91. The lowest BCUT2D eigenvalue weighted by Crippen LogP contribution is -2.45. The van der Waals surface area contributed by atoms with Gasteiger partial charge in [0, 0.05) is 31.5 Å². The highest BCUT2D eigenvalue weighted by Crippen LogP contribution is 2.23. The van der Waals surface area contributed by atoms with Gasteiger partial charge in [0.25, 0.3) is 0 Å². The average molecular weight is 354 g/mol. The van der Waals surface area contributed by atoms with E-state index >= 15 is 0 Å². The molecule has 1 saturated heterocycles. The Morgan fingerprint density at radius 3 is 2.58 bits per heavy atom. The fraction of sp³-hybridized carbons (Fsp3) is 0.579. The molecule has 0 bridgehead atoms. The molecular weight excluding hydrogens is 328 g/mol. The molecule has 138 valence electrons. The lowest BCUT2D eigenvalue weighted by molar-refractivity contribution is -0.125. The van der Waals surface area contributed by atoms with E-state index in [2.05, 4.69) is 25.4 Å². The summed E-state index contributed by atoms with van der Waals surface area (Å²) in [7, 11) is 0. The number of amides is 1. The molecule has 7 nitrogen and oxygen atoms in total. The molecule has 7 heteroatoms. The van der Waals surface area contributed by atoms with Crippen LogP contribution in [0, 0.1) is 12.8 Å². The van der Waals surface area contributed by atoms with Gasteiger partial charge in [-0.3, -0.25) is 9.36 Å². The van der Waals surface area contributed by atoms with Gasteiger partial charge in [-0.1, -0.05) is 12.8 Å². The first-order valence-electron chi connectivity index (χ1n) is 9.60. The molecule has 1 aliphatic heterocycles. The number of aromatic nitrogens is 4. The van der Waals surface area contributed by atoms with Crippen molar-refractivity contribution < 1.29 is 4.79 Å². The number of hydrogen-bond donors (Lipinski definition) is 1. The highest BCUT2D eigenvalue weighted by Gasteiger charge is 2.28. The predicted octanol–water partition coefficient (Wildman–Crippen LogP) is 2.25. The number of rotatable bonds is 4. The van der Waals surface area contributed by atoms with Crippen LogP contribution < -0.4 is 10.2 Å². The third kappa shape index (κ3) is 3.57. The average Bonchev–Trinajstić information content (AvgIpc) is 3.33. The lowest BCUT2D eigenvalue weighted by Gasteiger charge is -2.33. The fourth-order valence-corrected chi connectivity index (χ4v) is 4.02. The molecule has 0 radical (unpaired) electrons. The summed E-state index contributed by atoms with van der Waals surface area (Å²) in [5.74, 6) is 2.73. The van der Waals surface area contributed by atoms with Gasteiger partial charge in [0.2, 0.25) is 5.91 Å². The largest absolute Gasteiger partial charge is 0.354 e. The number of imidazole rings is 1. The normalized spacial score (nSPS) is 21.1. The van der Waals surface area contributed by atoms with Crippen molar-refractivity contribution in [2.75, 3.05) is 18.0 Å². The molecule has 1 atom stereocenters. The zero-order chi connectivity index (χ0) is 17.9. The summed E-state index contributed by atoms with van der Waals surface area (Å²) >= 11 is 0. The third-order valence-electron chi connectivity index (χ3n) is 5.53. The summed E-state index contributed by atoms with van der Waals surface area (Å²) in [6.07, 6.45) is 10.3. The molecule has 1 saturated carbocycles. The van der Waals surface area contributed by atoms with E-state index in [0.29, 0.717) is 6.04 Å². The maximum atomic E-state index is 12.6. The number of nitrogens with zero attached hydrogens (tertiary/aromatic N) is 5. The second-order valence-electron chi connectivity index (χ2n) is 7.37. The van der Waals surface area contributed by atoms with Crippen LogP contribution in [0.3, 0.4) is 0 Å². The summed E-state index contributed by atoms with van der Waals surface area (Å²) in [5.41, 5.74) is 0. The molecule has 2 fully saturated rings. The zero-order valence-electron chi connectivity index (χ0n) is 15.3.